The molecule has 7 nitrogen and oxygen atoms in total. The van der Waals surface area contributed by atoms with Gasteiger partial charge in [-0.05, 0) is 50.3 Å². The van der Waals surface area contributed by atoms with Crippen LogP contribution >= 0.6 is 0 Å². The fourth-order valence-electron chi connectivity index (χ4n) is 3.88. The number of carbonyl (C=O) groups excluding carboxylic acids is 3. The lowest BCUT2D eigenvalue weighted by Gasteiger charge is -2.36. The molecule has 2 aromatic carbocycles. The number of nitrogens with one attached hydrogen (secondary N) is 3. The highest BCUT2D eigenvalue weighted by molar-refractivity contribution is 5.97. The molecule has 0 spiro atoms. The predicted octanol–water partition coefficient (Wildman–Crippen LogP) is 2.93. The lowest BCUT2D eigenvalue weighted by atomic mass is 9.88. The molecule has 32 heavy (non-hydrogen) atoms. The van der Waals surface area contributed by atoms with E-state index in [4.69, 9.17) is 0 Å². The molecule has 1 heterocycles. The molecule has 1 fully saturated rings. The molecule has 0 aromatic heterocycles. The Kier molecular flexibility index (Phi) is 8.25. The van der Waals surface area contributed by atoms with Gasteiger partial charge in [0.2, 0.25) is 5.91 Å². The monoisotopic (exact) mass is 436 g/mol. The molecule has 0 saturated carbocycles. The number of rotatable bonds is 7. The summed E-state index contributed by atoms with van der Waals surface area (Å²) < 4.78 is 0. The second kappa shape index (κ2) is 11.3. The first-order valence-electron chi connectivity index (χ1n) is 11.2. The van der Waals surface area contributed by atoms with Crippen LogP contribution in [0.2, 0.25) is 0 Å². The van der Waals surface area contributed by atoms with E-state index in [0.29, 0.717) is 38.0 Å². The van der Waals surface area contributed by atoms with Crippen molar-refractivity contribution < 1.29 is 14.4 Å². The van der Waals surface area contributed by atoms with Crippen molar-refractivity contribution in [3.63, 3.8) is 0 Å². The summed E-state index contributed by atoms with van der Waals surface area (Å²) in [6.07, 6.45) is 1.29. The van der Waals surface area contributed by atoms with Crippen LogP contribution in [0.4, 0.5) is 4.79 Å². The topological polar surface area (TPSA) is 90.5 Å². The van der Waals surface area contributed by atoms with E-state index >= 15 is 0 Å². The van der Waals surface area contributed by atoms with Gasteiger partial charge in [0.05, 0.1) is 0 Å². The quantitative estimate of drug-likeness (QED) is 0.623. The first-order valence-corrected chi connectivity index (χ1v) is 11.2. The lowest BCUT2D eigenvalue weighted by molar-refractivity contribution is -0.124. The van der Waals surface area contributed by atoms with Crippen LogP contribution in [-0.2, 0) is 11.3 Å². The molecule has 0 aliphatic carbocycles. The summed E-state index contributed by atoms with van der Waals surface area (Å²) in [6, 6.07) is 17.9. The van der Waals surface area contributed by atoms with Gasteiger partial charge in [0.25, 0.3) is 5.91 Å². The Morgan fingerprint density at radius 3 is 2.09 bits per heavy atom. The second-order valence-corrected chi connectivity index (χ2v) is 8.45. The maximum absolute atomic E-state index is 13.1. The van der Waals surface area contributed by atoms with Crippen LogP contribution in [0.5, 0.6) is 0 Å². The second-order valence-electron chi connectivity index (χ2n) is 8.45. The third-order valence-electron chi connectivity index (χ3n) is 5.62. The van der Waals surface area contributed by atoms with Gasteiger partial charge in [0.1, 0.15) is 6.04 Å². The van der Waals surface area contributed by atoms with Gasteiger partial charge in [-0.25, -0.2) is 4.79 Å². The fraction of sp³-hybridized carbons (Fsp3) is 0.400. The van der Waals surface area contributed by atoms with Gasteiger partial charge in [-0.3, -0.25) is 9.59 Å². The van der Waals surface area contributed by atoms with Crippen molar-refractivity contribution in [1.82, 2.24) is 20.9 Å². The molecule has 3 rings (SSSR count). The Morgan fingerprint density at radius 1 is 0.906 bits per heavy atom. The van der Waals surface area contributed by atoms with E-state index in [2.05, 4.69) is 16.0 Å². The normalized spacial score (nSPS) is 15.2. The van der Waals surface area contributed by atoms with Gasteiger partial charge in [-0.15, -0.1) is 0 Å². The molecule has 3 N–H and O–H groups in total. The minimum absolute atomic E-state index is 0.0541. The van der Waals surface area contributed by atoms with Crippen molar-refractivity contribution in [2.24, 2.45) is 5.92 Å². The van der Waals surface area contributed by atoms with E-state index < -0.39 is 6.04 Å². The van der Waals surface area contributed by atoms with E-state index in [-0.39, 0.29) is 29.8 Å². The van der Waals surface area contributed by atoms with Gasteiger partial charge in [0, 0.05) is 31.2 Å². The minimum Gasteiger partial charge on any atom is -0.350 e. The first-order chi connectivity index (χ1) is 15.4. The van der Waals surface area contributed by atoms with E-state index in [9.17, 15) is 14.4 Å². The van der Waals surface area contributed by atoms with E-state index in [1.807, 2.05) is 50.2 Å². The Balaban J connectivity index is 1.66. The Labute approximate surface area is 189 Å². The molecule has 0 unspecified atom stereocenters. The molecule has 0 bridgehead atoms. The van der Waals surface area contributed by atoms with Gasteiger partial charge in [0.15, 0.2) is 0 Å². The first kappa shape index (κ1) is 23.3. The zero-order valence-corrected chi connectivity index (χ0v) is 18.7. The average Bonchev–Trinajstić information content (AvgIpc) is 2.82. The molecular weight excluding hydrogens is 404 g/mol. The summed E-state index contributed by atoms with van der Waals surface area (Å²) in [5, 5.41) is 8.82. The number of carbonyl (C=O) groups is 3. The standard InChI is InChI=1S/C25H32N4O3/c1-18(2)27-25(32)29-15-13-20(14-16-29)22(28-23(30)21-11-7-4-8-12-21)24(31)26-17-19-9-5-3-6-10-19/h3-12,18,20,22H,13-17H2,1-2H3,(H,26,31)(H,27,32)(H,28,30)/t22-/m1/s1. The van der Waals surface area contributed by atoms with E-state index in [0.717, 1.165) is 5.56 Å². The number of amides is 4. The van der Waals surface area contributed by atoms with Crippen molar-refractivity contribution in [2.45, 2.75) is 45.3 Å². The molecule has 0 radical (unpaired) electrons. The summed E-state index contributed by atoms with van der Waals surface area (Å²) in [7, 11) is 0. The number of hydrogen-bond acceptors (Lipinski definition) is 3. The summed E-state index contributed by atoms with van der Waals surface area (Å²) in [5.41, 5.74) is 1.51. The smallest absolute Gasteiger partial charge is 0.317 e. The van der Waals surface area contributed by atoms with Crippen LogP contribution in [-0.4, -0.2) is 47.9 Å². The molecule has 170 valence electrons. The predicted molar refractivity (Wildman–Crippen MR) is 124 cm³/mol. The van der Waals surface area contributed by atoms with Crippen molar-refractivity contribution in [2.75, 3.05) is 13.1 Å². The number of piperidine rings is 1. The van der Waals surface area contributed by atoms with Crippen LogP contribution in [0.25, 0.3) is 0 Å². The highest BCUT2D eigenvalue weighted by Crippen LogP contribution is 2.22. The van der Waals surface area contributed by atoms with Crippen LogP contribution in [0.1, 0.15) is 42.6 Å². The Bertz CT molecular complexity index is 894. The summed E-state index contributed by atoms with van der Waals surface area (Å²) in [6.45, 7) is 5.35. The van der Waals surface area contributed by atoms with Gasteiger partial charge < -0.3 is 20.9 Å². The summed E-state index contributed by atoms with van der Waals surface area (Å²) >= 11 is 0. The van der Waals surface area contributed by atoms with Gasteiger partial charge >= 0.3 is 6.03 Å². The van der Waals surface area contributed by atoms with Crippen LogP contribution in [0, 0.1) is 5.92 Å². The van der Waals surface area contributed by atoms with Crippen molar-refractivity contribution in [1.29, 1.82) is 0 Å². The third-order valence-corrected chi connectivity index (χ3v) is 5.62. The molecule has 1 aliphatic heterocycles. The zero-order valence-electron chi connectivity index (χ0n) is 18.7. The summed E-state index contributed by atoms with van der Waals surface area (Å²) in [4.78, 5) is 40.0. The molecule has 1 saturated heterocycles. The highest BCUT2D eigenvalue weighted by atomic mass is 16.2. The molecule has 1 aliphatic rings. The van der Waals surface area contributed by atoms with Crippen molar-refractivity contribution in [3.8, 4) is 0 Å². The van der Waals surface area contributed by atoms with E-state index in [1.54, 1.807) is 29.2 Å². The Morgan fingerprint density at radius 2 is 1.50 bits per heavy atom. The number of benzene rings is 2. The maximum atomic E-state index is 13.1. The van der Waals surface area contributed by atoms with Crippen LogP contribution in [0.3, 0.4) is 0 Å². The van der Waals surface area contributed by atoms with Crippen LogP contribution in [0.15, 0.2) is 60.7 Å². The number of likely N-dealkylation sites (tertiary alicyclic amines) is 1. The zero-order chi connectivity index (χ0) is 22.9. The SMILES string of the molecule is CC(C)NC(=O)N1CCC([C@@H](NC(=O)c2ccccc2)C(=O)NCc2ccccc2)CC1. The molecular formula is C25H32N4O3. The number of hydrogen-bond donors (Lipinski definition) is 3. The van der Waals surface area contributed by atoms with Crippen LogP contribution < -0.4 is 16.0 Å². The fourth-order valence-corrected chi connectivity index (χ4v) is 3.88. The van der Waals surface area contributed by atoms with Gasteiger partial charge in [-0.2, -0.15) is 0 Å². The number of nitrogens with zero attached hydrogens (tertiary/aromatic N) is 1. The maximum Gasteiger partial charge on any atom is 0.317 e. The number of urea groups is 1. The van der Waals surface area contributed by atoms with E-state index in [1.165, 1.54) is 0 Å². The molecule has 2 aromatic rings. The largest absolute Gasteiger partial charge is 0.350 e. The molecule has 4 amide bonds. The third kappa shape index (κ3) is 6.57. The lowest BCUT2D eigenvalue weighted by Crippen LogP contribution is -2.54. The Hall–Kier alpha value is -3.35. The minimum atomic E-state index is -0.665. The molecule has 1 atom stereocenters. The average molecular weight is 437 g/mol. The van der Waals surface area contributed by atoms with Crippen molar-refractivity contribution >= 4 is 17.8 Å². The summed E-state index contributed by atoms with van der Waals surface area (Å²) in [5.74, 6) is -0.532. The van der Waals surface area contributed by atoms with Crippen molar-refractivity contribution in [3.05, 3.63) is 71.8 Å². The van der Waals surface area contributed by atoms with Gasteiger partial charge in [-0.1, -0.05) is 48.5 Å². The highest BCUT2D eigenvalue weighted by Gasteiger charge is 2.34. The molecule has 7 heteroatoms.